The molecule has 0 bridgehead atoms. The van der Waals surface area contributed by atoms with Gasteiger partial charge < -0.3 is 19.8 Å². The fourth-order valence-electron chi connectivity index (χ4n) is 5.70. The number of carbonyl (C=O) groups is 4. The Morgan fingerprint density at radius 3 is 1.29 bits per heavy atom. The van der Waals surface area contributed by atoms with E-state index in [1.807, 2.05) is 0 Å². The SMILES string of the molecule is CN(C)C(=O)CC1(CC(=O)N(C)CCN(C)C(=O)CC2(CC(=O)O)CCCCC2)CCCCC1. The van der Waals surface area contributed by atoms with Gasteiger partial charge in [-0.1, -0.05) is 38.5 Å². The van der Waals surface area contributed by atoms with Crippen molar-refractivity contribution in [3.05, 3.63) is 0 Å². The molecule has 0 spiro atoms. The van der Waals surface area contributed by atoms with E-state index >= 15 is 0 Å². The monoisotopic (exact) mass is 479 g/mol. The molecule has 194 valence electrons. The summed E-state index contributed by atoms with van der Waals surface area (Å²) in [5.41, 5.74) is -0.708. The van der Waals surface area contributed by atoms with E-state index in [1.165, 1.54) is 0 Å². The van der Waals surface area contributed by atoms with Crippen LogP contribution in [0.15, 0.2) is 0 Å². The first-order chi connectivity index (χ1) is 16.0. The Morgan fingerprint density at radius 1 is 0.588 bits per heavy atom. The van der Waals surface area contributed by atoms with Crippen LogP contribution in [0.4, 0.5) is 0 Å². The second-order valence-corrected chi connectivity index (χ2v) is 11.1. The van der Waals surface area contributed by atoms with Crippen LogP contribution in [-0.4, -0.2) is 84.8 Å². The summed E-state index contributed by atoms with van der Waals surface area (Å²) >= 11 is 0. The van der Waals surface area contributed by atoms with E-state index in [0.29, 0.717) is 25.9 Å². The summed E-state index contributed by atoms with van der Waals surface area (Å²) in [7, 11) is 7.01. The van der Waals surface area contributed by atoms with E-state index in [1.54, 1.807) is 42.9 Å². The van der Waals surface area contributed by atoms with Crippen molar-refractivity contribution in [1.82, 2.24) is 14.7 Å². The van der Waals surface area contributed by atoms with Crippen LogP contribution in [0.1, 0.15) is 89.9 Å². The molecule has 2 fully saturated rings. The van der Waals surface area contributed by atoms with Crippen molar-refractivity contribution < 1.29 is 24.3 Å². The summed E-state index contributed by atoms with van der Waals surface area (Å²) in [4.78, 5) is 54.8. The zero-order valence-electron chi connectivity index (χ0n) is 21.7. The van der Waals surface area contributed by atoms with Crippen molar-refractivity contribution in [2.75, 3.05) is 41.3 Å². The number of nitrogens with zero attached hydrogens (tertiary/aromatic N) is 3. The molecule has 2 saturated carbocycles. The van der Waals surface area contributed by atoms with Crippen molar-refractivity contribution in [2.24, 2.45) is 10.8 Å². The summed E-state index contributed by atoms with van der Waals surface area (Å²) in [5, 5.41) is 9.37. The van der Waals surface area contributed by atoms with Gasteiger partial charge >= 0.3 is 5.97 Å². The molecule has 8 nitrogen and oxygen atoms in total. The minimum atomic E-state index is -0.841. The number of hydrogen-bond donors (Lipinski definition) is 1. The van der Waals surface area contributed by atoms with Gasteiger partial charge in [0.2, 0.25) is 17.7 Å². The normalized spacial score (nSPS) is 19.2. The van der Waals surface area contributed by atoms with Crippen LogP contribution < -0.4 is 0 Å². The Hall–Kier alpha value is -2.12. The standard InChI is InChI=1S/C26H45N3O5/c1-27(2)21(30)17-25(11-7-5-8-12-25)18-22(31)28(3)15-16-29(4)23(32)19-26(20-24(33)34)13-9-6-10-14-26/h5-20H2,1-4H3,(H,33,34). The average molecular weight is 480 g/mol. The smallest absolute Gasteiger partial charge is 0.303 e. The second-order valence-electron chi connectivity index (χ2n) is 11.1. The number of carbonyl (C=O) groups excluding carboxylic acids is 3. The first-order valence-electron chi connectivity index (χ1n) is 12.9. The molecular formula is C26H45N3O5. The molecule has 0 unspecified atom stereocenters. The van der Waals surface area contributed by atoms with Crippen molar-refractivity contribution in [2.45, 2.75) is 89.9 Å². The highest BCUT2D eigenvalue weighted by Crippen LogP contribution is 2.44. The molecule has 2 aliphatic rings. The molecule has 8 heteroatoms. The van der Waals surface area contributed by atoms with Gasteiger partial charge in [-0.15, -0.1) is 0 Å². The molecule has 3 amide bonds. The Kier molecular flexibility index (Phi) is 10.4. The molecule has 1 N–H and O–H groups in total. The third-order valence-electron chi connectivity index (χ3n) is 8.05. The van der Waals surface area contributed by atoms with E-state index in [9.17, 15) is 24.3 Å². The molecule has 2 aliphatic carbocycles. The lowest BCUT2D eigenvalue weighted by Gasteiger charge is -2.38. The van der Waals surface area contributed by atoms with E-state index in [0.717, 1.165) is 64.2 Å². The molecular weight excluding hydrogens is 434 g/mol. The van der Waals surface area contributed by atoms with Gasteiger partial charge in [0.05, 0.1) is 6.42 Å². The minimum absolute atomic E-state index is 0.0175. The molecule has 0 radical (unpaired) electrons. The number of amides is 3. The number of likely N-dealkylation sites (N-methyl/N-ethyl adjacent to an activating group) is 2. The third-order valence-corrected chi connectivity index (χ3v) is 8.05. The van der Waals surface area contributed by atoms with Gasteiger partial charge in [-0.25, -0.2) is 0 Å². The van der Waals surface area contributed by atoms with Crippen molar-refractivity contribution >= 4 is 23.7 Å². The number of aliphatic carboxylic acids is 1. The Balaban J connectivity index is 1.90. The van der Waals surface area contributed by atoms with Crippen LogP contribution in [0, 0.1) is 10.8 Å². The van der Waals surface area contributed by atoms with Crippen LogP contribution in [0.25, 0.3) is 0 Å². The number of carboxylic acids is 1. The predicted molar refractivity (Wildman–Crippen MR) is 131 cm³/mol. The Bertz CT molecular complexity index is 724. The van der Waals surface area contributed by atoms with Gasteiger partial charge in [-0.05, 0) is 36.5 Å². The van der Waals surface area contributed by atoms with E-state index in [4.69, 9.17) is 0 Å². The van der Waals surface area contributed by atoms with Gasteiger partial charge in [0, 0.05) is 60.5 Å². The molecule has 0 saturated heterocycles. The summed E-state index contributed by atoms with van der Waals surface area (Å²) in [5.74, 6) is -0.805. The fraction of sp³-hybridized carbons (Fsp3) is 0.846. The number of carboxylic acid groups (broad SMARTS) is 1. The second kappa shape index (κ2) is 12.5. The van der Waals surface area contributed by atoms with E-state index in [-0.39, 0.29) is 36.0 Å². The van der Waals surface area contributed by atoms with Crippen LogP contribution in [0.5, 0.6) is 0 Å². The molecule has 0 aromatic heterocycles. The largest absolute Gasteiger partial charge is 0.481 e. The highest BCUT2D eigenvalue weighted by molar-refractivity contribution is 5.80. The quantitative estimate of drug-likeness (QED) is 0.489. The average Bonchev–Trinajstić information content (AvgIpc) is 2.77. The van der Waals surface area contributed by atoms with Crippen LogP contribution in [0.3, 0.4) is 0 Å². The summed E-state index contributed by atoms with van der Waals surface area (Å²) < 4.78 is 0. The molecule has 34 heavy (non-hydrogen) atoms. The lowest BCUT2D eigenvalue weighted by Crippen LogP contribution is -2.42. The van der Waals surface area contributed by atoms with Crippen molar-refractivity contribution in [3.8, 4) is 0 Å². The number of hydrogen-bond acceptors (Lipinski definition) is 4. The van der Waals surface area contributed by atoms with E-state index in [2.05, 4.69) is 0 Å². The molecule has 2 rings (SSSR count). The maximum absolute atomic E-state index is 13.1. The summed E-state index contributed by atoms with van der Waals surface area (Å²) in [6, 6.07) is 0. The lowest BCUT2D eigenvalue weighted by atomic mass is 9.69. The van der Waals surface area contributed by atoms with Gasteiger partial charge in [-0.2, -0.15) is 0 Å². The highest BCUT2D eigenvalue weighted by atomic mass is 16.4. The summed E-state index contributed by atoms with van der Waals surface area (Å²) in [6.45, 7) is 0.832. The van der Waals surface area contributed by atoms with Gasteiger partial charge in [0.1, 0.15) is 0 Å². The molecule has 0 heterocycles. The Labute approximate surface area is 205 Å². The van der Waals surface area contributed by atoms with Gasteiger partial charge in [0.15, 0.2) is 0 Å². The molecule has 0 aromatic rings. The van der Waals surface area contributed by atoms with Crippen LogP contribution in [0.2, 0.25) is 0 Å². The van der Waals surface area contributed by atoms with Crippen molar-refractivity contribution in [3.63, 3.8) is 0 Å². The van der Waals surface area contributed by atoms with Gasteiger partial charge in [-0.3, -0.25) is 19.2 Å². The van der Waals surface area contributed by atoms with Crippen LogP contribution >= 0.6 is 0 Å². The number of rotatable bonds is 11. The first kappa shape index (κ1) is 28.1. The molecule has 0 aromatic carbocycles. The third kappa shape index (κ3) is 8.27. The predicted octanol–water partition coefficient (Wildman–Crippen LogP) is 3.54. The molecule has 0 aliphatic heterocycles. The maximum Gasteiger partial charge on any atom is 0.303 e. The Morgan fingerprint density at radius 2 is 0.941 bits per heavy atom. The maximum atomic E-state index is 13.1. The lowest BCUT2D eigenvalue weighted by molar-refractivity contribution is -0.143. The van der Waals surface area contributed by atoms with Crippen LogP contribution in [-0.2, 0) is 19.2 Å². The minimum Gasteiger partial charge on any atom is -0.481 e. The fourth-order valence-corrected chi connectivity index (χ4v) is 5.70. The first-order valence-corrected chi connectivity index (χ1v) is 12.9. The zero-order chi connectivity index (χ0) is 25.4. The van der Waals surface area contributed by atoms with Gasteiger partial charge in [0.25, 0.3) is 0 Å². The zero-order valence-corrected chi connectivity index (χ0v) is 21.7. The molecule has 0 atom stereocenters. The van der Waals surface area contributed by atoms with Crippen molar-refractivity contribution in [1.29, 1.82) is 0 Å². The van der Waals surface area contributed by atoms with E-state index < -0.39 is 11.4 Å². The highest BCUT2D eigenvalue weighted by Gasteiger charge is 2.39. The topological polar surface area (TPSA) is 98.2 Å². The summed E-state index contributed by atoms with van der Waals surface area (Å²) in [6.07, 6.45) is 10.7.